The summed E-state index contributed by atoms with van der Waals surface area (Å²) in [6.45, 7) is 1.19. The van der Waals surface area contributed by atoms with Crippen LogP contribution in [-0.4, -0.2) is 82.0 Å². The van der Waals surface area contributed by atoms with Crippen LogP contribution in [0.5, 0.6) is 0 Å². The van der Waals surface area contributed by atoms with Gasteiger partial charge in [0.2, 0.25) is 0 Å². The zero-order valence-corrected chi connectivity index (χ0v) is 2.57. The van der Waals surface area contributed by atoms with E-state index in [9.17, 15) is 0 Å². The van der Waals surface area contributed by atoms with E-state index in [-0.39, 0.29) is 68.9 Å². The fourth-order valence-corrected chi connectivity index (χ4v) is 0. The van der Waals surface area contributed by atoms with Gasteiger partial charge >= 0.3 is 68.9 Å². The maximum atomic E-state index is 4.90. The van der Waals surface area contributed by atoms with Gasteiger partial charge in [0, 0.05) is 13.1 Å². The van der Waals surface area contributed by atoms with Crippen molar-refractivity contribution >= 4 is 68.9 Å². The van der Waals surface area contributed by atoms with Crippen LogP contribution in [0.4, 0.5) is 0 Å². The van der Waals surface area contributed by atoms with E-state index in [2.05, 4.69) is 0 Å². The van der Waals surface area contributed by atoms with Crippen molar-refractivity contribution < 1.29 is 0 Å². The van der Waals surface area contributed by atoms with Crippen LogP contribution in [0, 0.1) is 0 Å². The van der Waals surface area contributed by atoms with Gasteiger partial charge in [-0.2, -0.15) is 0 Å². The Morgan fingerprint density at radius 1 is 1.00 bits per heavy atom. The minimum absolute atomic E-state index is 0. The van der Waals surface area contributed by atoms with Crippen LogP contribution in [0.2, 0.25) is 0 Å². The Morgan fingerprint density at radius 3 is 1.20 bits per heavy atom. The molecule has 0 heterocycles. The first-order chi connectivity index (χ1) is 1.91. The number of rotatable bonds is 1. The Morgan fingerprint density at radius 2 is 1.20 bits per heavy atom. The van der Waals surface area contributed by atoms with Crippen molar-refractivity contribution in [3.63, 3.8) is 0 Å². The Bertz CT molecular complexity index is 9.61. The molecule has 0 aliphatic rings. The van der Waals surface area contributed by atoms with E-state index >= 15 is 0 Å². The summed E-state index contributed by atoms with van der Waals surface area (Å²) in [5.41, 5.74) is 9.81. The first-order valence-electron chi connectivity index (χ1n) is 1.32. The second-order valence-corrected chi connectivity index (χ2v) is 0.577. The topological polar surface area (TPSA) is 52.0 Å². The summed E-state index contributed by atoms with van der Waals surface area (Å²) < 4.78 is 0. The normalized spacial score (nSPS) is 6.00. The summed E-state index contributed by atoms with van der Waals surface area (Å²) in [6.07, 6.45) is 0. The molecular formula is C2H9CsN2. The van der Waals surface area contributed by atoms with Crippen molar-refractivity contribution in [1.29, 1.82) is 0 Å². The van der Waals surface area contributed by atoms with Gasteiger partial charge in [-0.25, -0.2) is 0 Å². The summed E-state index contributed by atoms with van der Waals surface area (Å²) in [6, 6.07) is 0. The summed E-state index contributed by atoms with van der Waals surface area (Å²) in [5.74, 6) is 0. The number of nitrogens with two attached hydrogens (primary N) is 2. The van der Waals surface area contributed by atoms with Crippen LogP contribution in [0.1, 0.15) is 0 Å². The fraction of sp³-hybridized carbons (Fsp3) is 1.00. The molecule has 4 N–H and O–H groups in total. The molecule has 0 rings (SSSR count). The van der Waals surface area contributed by atoms with Gasteiger partial charge in [0.15, 0.2) is 0 Å². The number of hydrogen-bond acceptors (Lipinski definition) is 2. The molecule has 2 nitrogen and oxygen atoms in total. The monoisotopic (exact) mass is 194 g/mol. The molecule has 0 aromatic carbocycles. The van der Waals surface area contributed by atoms with Crippen molar-refractivity contribution in [2.75, 3.05) is 13.1 Å². The maximum absolute atomic E-state index is 4.90. The molecule has 0 atom stereocenters. The van der Waals surface area contributed by atoms with Gasteiger partial charge < -0.3 is 11.5 Å². The minimum atomic E-state index is 0. The predicted molar refractivity (Wildman–Crippen MR) is 25.3 cm³/mol. The molecule has 0 fully saturated rings. The second kappa shape index (κ2) is 9.36. The van der Waals surface area contributed by atoms with E-state index in [0.717, 1.165) is 0 Å². The molecule has 0 amide bonds. The molecule has 0 saturated carbocycles. The molecule has 0 unspecified atom stereocenters. The Labute approximate surface area is 91.1 Å². The van der Waals surface area contributed by atoms with Crippen LogP contribution in [0.3, 0.4) is 0 Å². The van der Waals surface area contributed by atoms with E-state index in [1.165, 1.54) is 0 Å². The van der Waals surface area contributed by atoms with Crippen molar-refractivity contribution in [2.45, 2.75) is 0 Å². The Balaban J connectivity index is 0. The van der Waals surface area contributed by atoms with Gasteiger partial charge in [-0.1, -0.05) is 0 Å². The van der Waals surface area contributed by atoms with Crippen molar-refractivity contribution in [3.05, 3.63) is 0 Å². The Kier molecular flexibility index (Phi) is 18.8. The van der Waals surface area contributed by atoms with Crippen molar-refractivity contribution in [2.24, 2.45) is 11.5 Å². The zero-order chi connectivity index (χ0) is 3.41. The number of hydrogen-bond donors (Lipinski definition) is 2. The van der Waals surface area contributed by atoms with Crippen LogP contribution in [-0.2, 0) is 0 Å². The van der Waals surface area contributed by atoms with Crippen LogP contribution >= 0.6 is 0 Å². The predicted octanol–water partition coefficient (Wildman–Crippen LogP) is -1.74. The molecule has 5 heavy (non-hydrogen) atoms. The first-order valence-corrected chi connectivity index (χ1v) is 1.32. The summed E-state index contributed by atoms with van der Waals surface area (Å²) in [5, 5.41) is 0. The quantitative estimate of drug-likeness (QED) is 0.520. The van der Waals surface area contributed by atoms with Crippen molar-refractivity contribution in [3.8, 4) is 0 Å². The molecule has 0 aromatic rings. The summed E-state index contributed by atoms with van der Waals surface area (Å²) >= 11 is 0. The third-order valence-corrected chi connectivity index (χ3v) is 0.167. The Hall–Kier alpha value is 1.97. The van der Waals surface area contributed by atoms with Crippen LogP contribution in [0.25, 0.3) is 0 Å². The van der Waals surface area contributed by atoms with Gasteiger partial charge in [-0.05, 0) is 0 Å². The standard InChI is InChI=1S/C2H8N2.Cs.H/c3-1-2-4;;/h1-4H2;;. The molecule has 28 valence electrons. The molecular weight excluding hydrogens is 185 g/mol. The molecule has 0 aliphatic carbocycles. The molecule has 0 aromatic heterocycles. The van der Waals surface area contributed by atoms with Gasteiger partial charge in [0.05, 0.1) is 0 Å². The third-order valence-electron chi connectivity index (χ3n) is 0.167. The average Bonchev–Trinajstić information content (AvgIpc) is 1.37. The van der Waals surface area contributed by atoms with E-state index < -0.39 is 0 Å². The van der Waals surface area contributed by atoms with E-state index in [0.29, 0.717) is 13.1 Å². The van der Waals surface area contributed by atoms with E-state index in [1.807, 2.05) is 0 Å². The van der Waals surface area contributed by atoms with Crippen LogP contribution < -0.4 is 11.5 Å². The van der Waals surface area contributed by atoms with Gasteiger partial charge in [-0.3, -0.25) is 0 Å². The SMILES string of the molecule is NCCN.[CsH]. The fourth-order valence-electron chi connectivity index (χ4n) is 0. The first kappa shape index (κ1) is 10.1. The summed E-state index contributed by atoms with van der Waals surface area (Å²) in [4.78, 5) is 0. The molecule has 0 aliphatic heterocycles. The van der Waals surface area contributed by atoms with Crippen molar-refractivity contribution in [1.82, 2.24) is 0 Å². The van der Waals surface area contributed by atoms with E-state index in [1.54, 1.807) is 0 Å². The molecule has 0 radical (unpaired) electrons. The molecule has 3 heteroatoms. The van der Waals surface area contributed by atoms with Crippen LogP contribution in [0.15, 0.2) is 0 Å². The van der Waals surface area contributed by atoms with E-state index in [4.69, 9.17) is 11.5 Å². The molecule has 0 bridgehead atoms. The second-order valence-electron chi connectivity index (χ2n) is 0.577. The molecule has 0 spiro atoms. The van der Waals surface area contributed by atoms with Gasteiger partial charge in [0.25, 0.3) is 0 Å². The zero-order valence-electron chi connectivity index (χ0n) is 2.57. The van der Waals surface area contributed by atoms with Gasteiger partial charge in [0.1, 0.15) is 0 Å². The molecule has 0 saturated heterocycles. The average molecular weight is 194 g/mol. The van der Waals surface area contributed by atoms with Gasteiger partial charge in [-0.15, -0.1) is 0 Å². The summed E-state index contributed by atoms with van der Waals surface area (Å²) in [7, 11) is 0. The third kappa shape index (κ3) is 10.7.